The second kappa shape index (κ2) is 6.21. The quantitative estimate of drug-likeness (QED) is 0.718. The zero-order chi connectivity index (χ0) is 13.8. The van der Waals surface area contributed by atoms with Crippen LogP contribution < -0.4 is 5.32 Å². The highest BCUT2D eigenvalue weighted by Crippen LogP contribution is 2.31. The number of fused-ring (bicyclic) bond motifs is 1. The molecule has 1 heterocycles. The van der Waals surface area contributed by atoms with Gasteiger partial charge in [0.25, 0.3) is 0 Å². The molecule has 0 spiro atoms. The fourth-order valence-corrected chi connectivity index (χ4v) is 3.47. The van der Waals surface area contributed by atoms with Gasteiger partial charge in [-0.25, -0.2) is 0 Å². The van der Waals surface area contributed by atoms with Crippen LogP contribution in [0, 0.1) is 0 Å². The molecule has 2 aromatic carbocycles. The molecule has 3 aromatic rings. The van der Waals surface area contributed by atoms with Gasteiger partial charge in [0.05, 0.1) is 0 Å². The lowest BCUT2D eigenvalue weighted by Crippen LogP contribution is -2.13. The summed E-state index contributed by atoms with van der Waals surface area (Å²) in [5.41, 5.74) is 2.81. The van der Waals surface area contributed by atoms with Crippen molar-refractivity contribution in [1.29, 1.82) is 0 Å². The van der Waals surface area contributed by atoms with Crippen LogP contribution >= 0.6 is 11.3 Å². The van der Waals surface area contributed by atoms with Crippen LogP contribution in [0.4, 0.5) is 0 Å². The van der Waals surface area contributed by atoms with Crippen molar-refractivity contribution in [3.8, 4) is 0 Å². The molecule has 0 bridgehead atoms. The molecule has 1 N–H and O–H groups in total. The molecule has 1 aromatic heterocycles. The molecule has 0 aliphatic carbocycles. The summed E-state index contributed by atoms with van der Waals surface area (Å²) in [7, 11) is 2.02. The zero-order valence-corrected chi connectivity index (χ0v) is 12.5. The Morgan fingerprint density at radius 1 is 1.00 bits per heavy atom. The van der Waals surface area contributed by atoms with Crippen molar-refractivity contribution < 1.29 is 0 Å². The molecule has 0 saturated carbocycles. The van der Waals surface area contributed by atoms with Crippen LogP contribution in [0.15, 0.2) is 60.0 Å². The van der Waals surface area contributed by atoms with Gasteiger partial charge < -0.3 is 5.32 Å². The number of thiophene rings is 1. The van der Waals surface area contributed by atoms with Crippen molar-refractivity contribution in [2.75, 3.05) is 13.6 Å². The van der Waals surface area contributed by atoms with Crippen LogP contribution in [0.2, 0.25) is 0 Å². The minimum Gasteiger partial charge on any atom is -0.320 e. The Morgan fingerprint density at radius 3 is 2.65 bits per heavy atom. The van der Waals surface area contributed by atoms with Gasteiger partial charge in [0, 0.05) is 10.6 Å². The molecule has 0 amide bonds. The minimum absolute atomic E-state index is 0.466. The van der Waals surface area contributed by atoms with Crippen molar-refractivity contribution in [2.24, 2.45) is 0 Å². The average molecular weight is 281 g/mol. The number of hydrogen-bond acceptors (Lipinski definition) is 2. The number of hydrogen-bond donors (Lipinski definition) is 1. The number of benzene rings is 2. The number of rotatable bonds is 5. The van der Waals surface area contributed by atoms with E-state index in [4.69, 9.17) is 0 Å². The lowest BCUT2D eigenvalue weighted by atomic mass is 9.88. The second-order valence-corrected chi connectivity index (χ2v) is 6.02. The molecule has 20 heavy (non-hydrogen) atoms. The number of nitrogens with one attached hydrogen (secondary N) is 1. The molecule has 1 atom stereocenters. The highest BCUT2D eigenvalue weighted by molar-refractivity contribution is 7.17. The lowest BCUT2D eigenvalue weighted by molar-refractivity contribution is 0.662. The maximum atomic E-state index is 3.27. The van der Waals surface area contributed by atoms with Crippen LogP contribution in [0.1, 0.15) is 23.5 Å². The molecule has 102 valence electrons. The third-order valence-electron chi connectivity index (χ3n) is 3.76. The van der Waals surface area contributed by atoms with E-state index < -0.39 is 0 Å². The first-order valence-corrected chi connectivity index (χ1v) is 7.93. The monoisotopic (exact) mass is 281 g/mol. The summed E-state index contributed by atoms with van der Waals surface area (Å²) >= 11 is 1.81. The van der Waals surface area contributed by atoms with E-state index in [1.807, 2.05) is 18.4 Å². The van der Waals surface area contributed by atoms with Gasteiger partial charge in [-0.2, -0.15) is 0 Å². The second-order valence-electron chi connectivity index (χ2n) is 5.07. The molecular weight excluding hydrogens is 262 g/mol. The summed E-state index contributed by atoms with van der Waals surface area (Å²) < 4.78 is 1.37. The standard InChI is InChI=1S/C18H19NS/c1-19-11-9-17(14-5-3-2-4-6-14)15-7-8-18-16(13-15)10-12-20-18/h2-8,10,12-13,17,19H,9,11H2,1H3/t17-/m1/s1. The zero-order valence-electron chi connectivity index (χ0n) is 11.7. The molecule has 1 nitrogen and oxygen atoms in total. The Hall–Kier alpha value is -1.64. The van der Waals surface area contributed by atoms with E-state index in [0.717, 1.165) is 13.0 Å². The highest BCUT2D eigenvalue weighted by Gasteiger charge is 2.14. The smallest absolute Gasteiger partial charge is 0.0342 e. The van der Waals surface area contributed by atoms with Crippen molar-refractivity contribution in [3.05, 3.63) is 71.1 Å². The molecule has 3 rings (SSSR count). The Bertz CT molecular complexity index is 672. The first kappa shape index (κ1) is 13.3. The van der Waals surface area contributed by atoms with Crippen LogP contribution in [0.3, 0.4) is 0 Å². The van der Waals surface area contributed by atoms with E-state index in [1.54, 1.807) is 0 Å². The lowest BCUT2D eigenvalue weighted by Gasteiger charge is -2.18. The third-order valence-corrected chi connectivity index (χ3v) is 4.66. The fraction of sp³-hybridized carbons (Fsp3) is 0.222. The van der Waals surface area contributed by atoms with Crippen LogP contribution in [0.5, 0.6) is 0 Å². The molecule has 0 unspecified atom stereocenters. The Balaban J connectivity index is 1.99. The summed E-state index contributed by atoms with van der Waals surface area (Å²) in [6.45, 7) is 1.03. The van der Waals surface area contributed by atoms with Gasteiger partial charge in [-0.15, -0.1) is 11.3 Å². The molecule has 0 radical (unpaired) electrons. The third kappa shape index (κ3) is 2.77. The normalized spacial score (nSPS) is 12.7. The molecule has 0 aliphatic rings. The van der Waals surface area contributed by atoms with Crippen molar-refractivity contribution >= 4 is 21.4 Å². The van der Waals surface area contributed by atoms with Gasteiger partial charge in [0.2, 0.25) is 0 Å². The Labute approximate surface area is 124 Å². The van der Waals surface area contributed by atoms with E-state index in [9.17, 15) is 0 Å². The van der Waals surface area contributed by atoms with Gasteiger partial charge in [-0.05, 0) is 60.1 Å². The molecule has 0 aliphatic heterocycles. The topological polar surface area (TPSA) is 12.0 Å². The maximum Gasteiger partial charge on any atom is 0.0342 e. The Morgan fingerprint density at radius 2 is 1.85 bits per heavy atom. The van der Waals surface area contributed by atoms with Gasteiger partial charge in [-0.3, -0.25) is 0 Å². The van der Waals surface area contributed by atoms with Gasteiger partial charge in [0.1, 0.15) is 0 Å². The van der Waals surface area contributed by atoms with E-state index in [2.05, 4.69) is 65.3 Å². The summed E-state index contributed by atoms with van der Waals surface area (Å²) in [4.78, 5) is 0. The molecular formula is C18H19NS. The average Bonchev–Trinajstić information content (AvgIpc) is 2.96. The van der Waals surface area contributed by atoms with Crippen molar-refractivity contribution in [2.45, 2.75) is 12.3 Å². The van der Waals surface area contributed by atoms with Crippen molar-refractivity contribution in [3.63, 3.8) is 0 Å². The van der Waals surface area contributed by atoms with Crippen LogP contribution in [-0.2, 0) is 0 Å². The van der Waals surface area contributed by atoms with Gasteiger partial charge >= 0.3 is 0 Å². The summed E-state index contributed by atoms with van der Waals surface area (Å²) in [6, 6.07) is 19.9. The molecule has 0 saturated heterocycles. The fourth-order valence-electron chi connectivity index (χ4n) is 2.70. The predicted molar refractivity (Wildman–Crippen MR) is 88.7 cm³/mol. The van der Waals surface area contributed by atoms with E-state index in [-0.39, 0.29) is 0 Å². The van der Waals surface area contributed by atoms with E-state index in [0.29, 0.717) is 5.92 Å². The van der Waals surface area contributed by atoms with Gasteiger partial charge in [0.15, 0.2) is 0 Å². The summed E-state index contributed by atoms with van der Waals surface area (Å²) in [5, 5.41) is 6.80. The molecule has 2 heteroatoms. The van der Waals surface area contributed by atoms with Crippen LogP contribution in [-0.4, -0.2) is 13.6 Å². The maximum absolute atomic E-state index is 3.27. The predicted octanol–water partition coefficient (Wildman–Crippen LogP) is 4.64. The first-order chi connectivity index (χ1) is 9.88. The summed E-state index contributed by atoms with van der Waals surface area (Å²) in [5.74, 6) is 0.466. The minimum atomic E-state index is 0.466. The van der Waals surface area contributed by atoms with Gasteiger partial charge in [-0.1, -0.05) is 36.4 Å². The van der Waals surface area contributed by atoms with E-state index in [1.165, 1.54) is 21.2 Å². The summed E-state index contributed by atoms with van der Waals surface area (Å²) in [6.07, 6.45) is 1.12. The SMILES string of the molecule is CNCC[C@H](c1ccccc1)c1ccc2sccc2c1. The first-order valence-electron chi connectivity index (χ1n) is 7.05. The van der Waals surface area contributed by atoms with Crippen molar-refractivity contribution in [1.82, 2.24) is 5.32 Å². The largest absolute Gasteiger partial charge is 0.320 e. The highest BCUT2D eigenvalue weighted by atomic mass is 32.1. The molecule has 0 fully saturated rings. The van der Waals surface area contributed by atoms with Crippen LogP contribution in [0.25, 0.3) is 10.1 Å². The Kier molecular flexibility index (Phi) is 4.14. The van der Waals surface area contributed by atoms with E-state index >= 15 is 0 Å².